The summed E-state index contributed by atoms with van der Waals surface area (Å²) in [5, 5.41) is 3.94. The topological polar surface area (TPSA) is 80.4 Å². The van der Waals surface area contributed by atoms with Crippen LogP contribution in [0.15, 0.2) is 64.0 Å². The number of rotatable bonds is 8. The first-order valence-corrected chi connectivity index (χ1v) is 14.8. The zero-order valence-corrected chi connectivity index (χ0v) is 24.9. The SMILES string of the molecule is CCc1cccc(CC)c1-n1c(CC(C)C)c(C(=O)N2CCNCC2)cc(-c2coc(-c3ccc(Cl)cc3)n2)c1=O. The van der Waals surface area contributed by atoms with Crippen molar-refractivity contribution in [1.29, 1.82) is 0 Å². The molecule has 0 aliphatic carbocycles. The van der Waals surface area contributed by atoms with Crippen LogP contribution in [0.2, 0.25) is 5.02 Å². The lowest BCUT2D eigenvalue weighted by Gasteiger charge is -2.30. The van der Waals surface area contributed by atoms with Crippen LogP contribution < -0.4 is 10.9 Å². The highest BCUT2D eigenvalue weighted by atomic mass is 35.5. The predicted octanol–water partition coefficient (Wildman–Crippen LogP) is 6.18. The van der Waals surface area contributed by atoms with Crippen LogP contribution in [0.5, 0.6) is 0 Å². The molecule has 0 spiro atoms. The molecule has 0 atom stereocenters. The largest absolute Gasteiger partial charge is 0.444 e. The average molecular weight is 573 g/mol. The van der Waals surface area contributed by atoms with Gasteiger partial charge in [0, 0.05) is 42.5 Å². The van der Waals surface area contributed by atoms with Crippen LogP contribution in [0.3, 0.4) is 0 Å². The van der Waals surface area contributed by atoms with E-state index in [1.807, 2.05) is 23.1 Å². The maximum Gasteiger partial charge on any atom is 0.264 e. The lowest BCUT2D eigenvalue weighted by molar-refractivity contribution is 0.0733. The van der Waals surface area contributed by atoms with Gasteiger partial charge in [-0.1, -0.05) is 57.5 Å². The van der Waals surface area contributed by atoms with Gasteiger partial charge in [0.25, 0.3) is 11.5 Å². The summed E-state index contributed by atoms with van der Waals surface area (Å²) in [6.45, 7) is 11.1. The number of piperazine rings is 1. The summed E-state index contributed by atoms with van der Waals surface area (Å²) >= 11 is 6.07. The average Bonchev–Trinajstić information content (AvgIpc) is 3.47. The summed E-state index contributed by atoms with van der Waals surface area (Å²) in [4.78, 5) is 35.3. The Kier molecular flexibility index (Phi) is 8.76. The van der Waals surface area contributed by atoms with Gasteiger partial charge in [-0.05, 0) is 66.6 Å². The molecule has 8 heteroatoms. The smallest absolute Gasteiger partial charge is 0.264 e. The number of para-hydroxylation sites is 1. The highest BCUT2D eigenvalue weighted by Crippen LogP contribution is 2.30. The third-order valence-corrected chi connectivity index (χ3v) is 7.85. The van der Waals surface area contributed by atoms with Gasteiger partial charge in [0.2, 0.25) is 5.89 Å². The molecule has 7 nitrogen and oxygen atoms in total. The summed E-state index contributed by atoms with van der Waals surface area (Å²) < 4.78 is 7.65. The molecule has 0 radical (unpaired) electrons. The van der Waals surface area contributed by atoms with E-state index in [1.165, 1.54) is 6.26 Å². The van der Waals surface area contributed by atoms with Crippen molar-refractivity contribution in [1.82, 2.24) is 19.8 Å². The number of nitrogens with zero attached hydrogens (tertiary/aromatic N) is 3. The molecule has 41 heavy (non-hydrogen) atoms. The van der Waals surface area contributed by atoms with Crippen molar-refractivity contribution >= 4 is 17.5 Å². The van der Waals surface area contributed by atoms with Crippen LogP contribution in [-0.4, -0.2) is 46.5 Å². The number of amides is 1. The fraction of sp³-hybridized carbons (Fsp3) is 0.364. The standard InChI is InChI=1S/C33H37ClN4O3/c1-5-22-8-7-9-23(6-2)30(22)38-29(18-21(3)4)27(32(39)37-16-14-35-15-17-37)19-26(33(38)40)28-20-41-31(36-28)24-10-12-25(34)13-11-24/h7-13,19-21,35H,5-6,14-18H2,1-4H3. The highest BCUT2D eigenvalue weighted by Gasteiger charge is 2.28. The first-order chi connectivity index (χ1) is 19.8. The maximum atomic E-state index is 14.6. The summed E-state index contributed by atoms with van der Waals surface area (Å²) in [5.74, 6) is 0.543. The predicted molar refractivity (Wildman–Crippen MR) is 164 cm³/mol. The Labute approximate surface area is 246 Å². The van der Waals surface area contributed by atoms with Gasteiger partial charge in [-0.25, -0.2) is 4.98 Å². The summed E-state index contributed by atoms with van der Waals surface area (Å²) in [6, 6.07) is 15.1. The molecule has 4 aromatic rings. The molecule has 5 rings (SSSR count). The van der Waals surface area contributed by atoms with Gasteiger partial charge in [0.05, 0.1) is 16.8 Å². The summed E-state index contributed by atoms with van der Waals surface area (Å²) in [6.07, 6.45) is 3.59. The molecular formula is C33H37ClN4O3. The number of hydrogen-bond acceptors (Lipinski definition) is 5. The maximum absolute atomic E-state index is 14.6. The molecule has 0 saturated carbocycles. The van der Waals surface area contributed by atoms with Crippen molar-refractivity contribution in [3.8, 4) is 28.4 Å². The Morgan fingerprint density at radius 1 is 1.05 bits per heavy atom. The molecule has 3 heterocycles. The Bertz CT molecular complexity index is 1580. The van der Waals surface area contributed by atoms with E-state index in [0.29, 0.717) is 47.2 Å². The quantitative estimate of drug-likeness (QED) is 0.273. The number of nitrogens with one attached hydrogen (secondary N) is 1. The van der Waals surface area contributed by atoms with E-state index in [4.69, 9.17) is 21.0 Å². The molecule has 0 unspecified atom stereocenters. The Balaban J connectivity index is 1.80. The number of hydrogen-bond donors (Lipinski definition) is 1. The number of aromatic nitrogens is 2. The van der Waals surface area contributed by atoms with Gasteiger partial charge >= 0.3 is 0 Å². The van der Waals surface area contributed by atoms with E-state index >= 15 is 0 Å². The number of oxazole rings is 1. The monoisotopic (exact) mass is 572 g/mol. The van der Waals surface area contributed by atoms with Gasteiger partial charge in [-0.3, -0.25) is 14.2 Å². The van der Waals surface area contributed by atoms with Crippen molar-refractivity contribution < 1.29 is 9.21 Å². The summed E-state index contributed by atoms with van der Waals surface area (Å²) in [7, 11) is 0. The molecule has 0 bridgehead atoms. The zero-order chi connectivity index (χ0) is 29.1. The summed E-state index contributed by atoms with van der Waals surface area (Å²) in [5.41, 5.74) is 5.57. The normalized spacial score (nSPS) is 13.7. The minimum absolute atomic E-state index is 0.0643. The lowest BCUT2D eigenvalue weighted by atomic mass is 9.96. The third kappa shape index (κ3) is 5.88. The molecular weight excluding hydrogens is 536 g/mol. The minimum Gasteiger partial charge on any atom is -0.444 e. The Morgan fingerprint density at radius 3 is 2.32 bits per heavy atom. The van der Waals surface area contributed by atoms with E-state index in [1.54, 1.807) is 22.8 Å². The van der Waals surface area contributed by atoms with Crippen LogP contribution in [0.25, 0.3) is 28.4 Å². The molecule has 1 amide bonds. The van der Waals surface area contributed by atoms with E-state index in [-0.39, 0.29) is 17.4 Å². The second-order valence-corrected chi connectivity index (χ2v) is 11.3. The molecule has 1 N–H and O–H groups in total. The second-order valence-electron chi connectivity index (χ2n) is 10.9. The van der Waals surface area contributed by atoms with Crippen molar-refractivity contribution in [2.24, 2.45) is 5.92 Å². The number of pyridine rings is 1. The number of carbonyl (C=O) groups is 1. The van der Waals surface area contributed by atoms with Crippen LogP contribution in [-0.2, 0) is 19.3 Å². The number of halogens is 1. The van der Waals surface area contributed by atoms with Crippen molar-refractivity contribution in [2.45, 2.75) is 47.0 Å². The Morgan fingerprint density at radius 2 is 1.71 bits per heavy atom. The minimum atomic E-state index is -0.205. The van der Waals surface area contributed by atoms with Crippen molar-refractivity contribution in [3.05, 3.63) is 92.6 Å². The first kappa shape index (κ1) is 28.8. The molecule has 2 aromatic carbocycles. The second kappa shape index (κ2) is 12.5. The zero-order valence-electron chi connectivity index (χ0n) is 24.2. The molecule has 214 valence electrons. The van der Waals surface area contributed by atoms with Crippen molar-refractivity contribution in [2.75, 3.05) is 26.2 Å². The van der Waals surface area contributed by atoms with Gasteiger partial charge in [0.15, 0.2) is 0 Å². The third-order valence-electron chi connectivity index (χ3n) is 7.60. The van der Waals surface area contributed by atoms with E-state index in [2.05, 4.69) is 45.1 Å². The first-order valence-electron chi connectivity index (χ1n) is 14.4. The Hall–Kier alpha value is -3.68. The number of aryl methyl sites for hydroxylation is 2. The van der Waals surface area contributed by atoms with Gasteiger partial charge in [-0.2, -0.15) is 0 Å². The van der Waals surface area contributed by atoms with Gasteiger partial charge in [0.1, 0.15) is 12.0 Å². The van der Waals surface area contributed by atoms with Crippen LogP contribution in [0, 0.1) is 5.92 Å². The highest BCUT2D eigenvalue weighted by molar-refractivity contribution is 6.30. The fourth-order valence-corrected chi connectivity index (χ4v) is 5.64. The molecule has 1 aliphatic heterocycles. The molecule has 1 saturated heterocycles. The molecule has 1 aliphatic rings. The van der Waals surface area contributed by atoms with E-state index in [9.17, 15) is 9.59 Å². The van der Waals surface area contributed by atoms with Gasteiger partial charge < -0.3 is 14.6 Å². The number of carbonyl (C=O) groups excluding carboxylic acids is 1. The van der Waals surface area contributed by atoms with Crippen LogP contribution >= 0.6 is 11.6 Å². The number of benzene rings is 2. The molecule has 2 aromatic heterocycles. The van der Waals surface area contributed by atoms with Crippen LogP contribution in [0.4, 0.5) is 0 Å². The van der Waals surface area contributed by atoms with E-state index < -0.39 is 0 Å². The molecule has 1 fully saturated rings. The van der Waals surface area contributed by atoms with E-state index in [0.717, 1.165) is 54.0 Å². The lowest BCUT2D eigenvalue weighted by Crippen LogP contribution is -2.47. The van der Waals surface area contributed by atoms with Crippen molar-refractivity contribution in [3.63, 3.8) is 0 Å². The van der Waals surface area contributed by atoms with Crippen LogP contribution in [0.1, 0.15) is 54.9 Å². The van der Waals surface area contributed by atoms with Gasteiger partial charge in [-0.15, -0.1) is 0 Å². The fourth-order valence-electron chi connectivity index (χ4n) is 5.51.